The molecular formula is C24H24BrNO3. The zero-order chi connectivity index (χ0) is 20.1. The van der Waals surface area contributed by atoms with Gasteiger partial charge in [-0.1, -0.05) is 64.5 Å². The summed E-state index contributed by atoms with van der Waals surface area (Å²) in [5.74, 6) is 0.885. The van der Waals surface area contributed by atoms with Gasteiger partial charge < -0.3 is 14.8 Å². The van der Waals surface area contributed by atoms with Crippen LogP contribution in [-0.2, 0) is 14.9 Å². The van der Waals surface area contributed by atoms with Crippen LogP contribution < -0.4 is 10.1 Å². The Kier molecular flexibility index (Phi) is 6.16. The Morgan fingerprint density at radius 2 is 1.72 bits per heavy atom. The summed E-state index contributed by atoms with van der Waals surface area (Å²) in [5, 5.41) is 5.32. The molecule has 1 aliphatic heterocycles. The average Bonchev–Trinajstić information content (AvgIpc) is 2.77. The Labute approximate surface area is 179 Å². The second-order valence-corrected chi connectivity index (χ2v) is 8.20. The maximum Gasteiger partial charge on any atom is 0.230 e. The first kappa shape index (κ1) is 19.9. The fourth-order valence-electron chi connectivity index (χ4n) is 3.95. The van der Waals surface area contributed by atoms with Gasteiger partial charge in [-0.15, -0.1) is 0 Å². The van der Waals surface area contributed by atoms with Crippen molar-refractivity contribution in [3.63, 3.8) is 0 Å². The molecular weight excluding hydrogens is 430 g/mol. The quantitative estimate of drug-likeness (QED) is 0.542. The van der Waals surface area contributed by atoms with Gasteiger partial charge in [-0.25, -0.2) is 0 Å². The molecule has 3 aromatic carbocycles. The summed E-state index contributed by atoms with van der Waals surface area (Å²) in [5.41, 5.74) is 0.495. The lowest BCUT2D eigenvalue weighted by Gasteiger charge is -2.36. The summed E-state index contributed by atoms with van der Waals surface area (Å²) in [6, 6.07) is 22.2. The maximum absolute atomic E-state index is 13.2. The molecule has 0 aromatic heterocycles. The first-order valence-electron chi connectivity index (χ1n) is 9.92. The third-order valence-electron chi connectivity index (χ3n) is 5.57. The van der Waals surface area contributed by atoms with Crippen LogP contribution in [0, 0.1) is 0 Å². The lowest BCUT2D eigenvalue weighted by Crippen LogP contribution is -2.48. The molecule has 0 aliphatic carbocycles. The topological polar surface area (TPSA) is 47.6 Å². The van der Waals surface area contributed by atoms with Crippen LogP contribution in [-0.4, -0.2) is 32.3 Å². The highest BCUT2D eigenvalue weighted by Crippen LogP contribution is 2.35. The highest BCUT2D eigenvalue weighted by molar-refractivity contribution is 9.10. The van der Waals surface area contributed by atoms with Gasteiger partial charge in [-0.2, -0.15) is 0 Å². The first-order chi connectivity index (χ1) is 14.2. The van der Waals surface area contributed by atoms with Gasteiger partial charge in [-0.05, 0) is 42.0 Å². The SMILES string of the molecule is O=C(NCCOc1cccc2ccccc12)C1(c2ccc(Br)cc2)CCOCC1. The number of fused-ring (bicyclic) bond motifs is 1. The molecule has 0 atom stereocenters. The molecule has 1 fully saturated rings. The van der Waals surface area contributed by atoms with E-state index in [4.69, 9.17) is 9.47 Å². The summed E-state index contributed by atoms with van der Waals surface area (Å²) in [6.45, 7) is 2.07. The number of hydrogen-bond donors (Lipinski definition) is 1. The molecule has 0 bridgehead atoms. The van der Waals surface area contributed by atoms with Crippen LogP contribution >= 0.6 is 15.9 Å². The van der Waals surface area contributed by atoms with E-state index in [1.165, 1.54) is 0 Å². The summed E-state index contributed by atoms with van der Waals surface area (Å²) in [6.07, 6.45) is 1.37. The van der Waals surface area contributed by atoms with Gasteiger partial charge >= 0.3 is 0 Å². The standard InChI is InChI=1S/C24H24BrNO3/c25-20-10-8-19(9-11-20)24(12-15-28-16-13-24)23(27)26-14-17-29-22-7-3-5-18-4-1-2-6-21(18)22/h1-11H,12-17H2,(H,26,27). The molecule has 4 nitrogen and oxygen atoms in total. The van der Waals surface area contributed by atoms with E-state index >= 15 is 0 Å². The van der Waals surface area contributed by atoms with Crippen molar-refractivity contribution in [1.82, 2.24) is 5.32 Å². The monoisotopic (exact) mass is 453 g/mol. The van der Waals surface area contributed by atoms with Crippen molar-refractivity contribution >= 4 is 32.6 Å². The molecule has 3 aromatic rings. The molecule has 4 rings (SSSR count). The number of ether oxygens (including phenoxy) is 2. The van der Waals surface area contributed by atoms with E-state index < -0.39 is 5.41 Å². The lowest BCUT2D eigenvalue weighted by molar-refractivity contribution is -0.130. The highest BCUT2D eigenvalue weighted by Gasteiger charge is 2.41. The molecule has 29 heavy (non-hydrogen) atoms. The molecule has 1 N–H and O–H groups in total. The second-order valence-electron chi connectivity index (χ2n) is 7.28. The van der Waals surface area contributed by atoms with Crippen molar-refractivity contribution in [2.45, 2.75) is 18.3 Å². The largest absolute Gasteiger partial charge is 0.491 e. The van der Waals surface area contributed by atoms with E-state index in [1.807, 2.05) is 54.6 Å². The first-order valence-corrected chi connectivity index (χ1v) is 10.7. The zero-order valence-corrected chi connectivity index (χ0v) is 17.8. The normalized spacial score (nSPS) is 15.8. The van der Waals surface area contributed by atoms with Crippen LogP contribution in [0.3, 0.4) is 0 Å². The molecule has 1 heterocycles. The Bertz CT molecular complexity index is 976. The van der Waals surface area contributed by atoms with E-state index in [9.17, 15) is 4.79 Å². The average molecular weight is 454 g/mol. The Morgan fingerprint density at radius 1 is 1.00 bits per heavy atom. The van der Waals surface area contributed by atoms with Crippen LogP contribution in [0.2, 0.25) is 0 Å². The van der Waals surface area contributed by atoms with Gasteiger partial charge in [-0.3, -0.25) is 4.79 Å². The van der Waals surface area contributed by atoms with Gasteiger partial charge in [0.15, 0.2) is 0 Å². The van der Waals surface area contributed by atoms with E-state index in [0.29, 0.717) is 39.2 Å². The number of rotatable bonds is 6. The number of carbonyl (C=O) groups is 1. The minimum atomic E-state index is -0.543. The Morgan fingerprint density at radius 3 is 2.52 bits per heavy atom. The fraction of sp³-hybridized carbons (Fsp3) is 0.292. The van der Waals surface area contributed by atoms with Crippen LogP contribution in [0.5, 0.6) is 5.75 Å². The van der Waals surface area contributed by atoms with Crippen LogP contribution in [0.15, 0.2) is 71.2 Å². The van der Waals surface area contributed by atoms with Crippen molar-refractivity contribution in [3.05, 3.63) is 76.8 Å². The third-order valence-corrected chi connectivity index (χ3v) is 6.10. The molecule has 150 valence electrons. The summed E-state index contributed by atoms with van der Waals surface area (Å²) < 4.78 is 12.5. The van der Waals surface area contributed by atoms with E-state index in [1.54, 1.807) is 0 Å². The highest BCUT2D eigenvalue weighted by atomic mass is 79.9. The van der Waals surface area contributed by atoms with Crippen LogP contribution in [0.1, 0.15) is 18.4 Å². The van der Waals surface area contributed by atoms with Crippen molar-refractivity contribution in [1.29, 1.82) is 0 Å². The van der Waals surface area contributed by atoms with Crippen molar-refractivity contribution in [2.75, 3.05) is 26.4 Å². The zero-order valence-electron chi connectivity index (χ0n) is 16.2. The van der Waals surface area contributed by atoms with E-state index in [-0.39, 0.29) is 5.91 Å². The van der Waals surface area contributed by atoms with E-state index in [2.05, 4.69) is 33.4 Å². The minimum Gasteiger partial charge on any atom is -0.491 e. The van der Waals surface area contributed by atoms with Crippen LogP contribution in [0.4, 0.5) is 0 Å². The number of hydrogen-bond acceptors (Lipinski definition) is 3. The molecule has 0 radical (unpaired) electrons. The summed E-state index contributed by atoms with van der Waals surface area (Å²) >= 11 is 3.47. The van der Waals surface area contributed by atoms with Gasteiger partial charge in [0, 0.05) is 23.1 Å². The van der Waals surface area contributed by atoms with Gasteiger partial charge in [0.2, 0.25) is 5.91 Å². The number of carbonyl (C=O) groups excluding carboxylic acids is 1. The predicted molar refractivity (Wildman–Crippen MR) is 118 cm³/mol. The Balaban J connectivity index is 1.41. The molecule has 1 saturated heterocycles. The molecule has 5 heteroatoms. The number of amides is 1. The molecule has 0 unspecified atom stereocenters. The van der Waals surface area contributed by atoms with Gasteiger partial charge in [0.1, 0.15) is 12.4 Å². The summed E-state index contributed by atoms with van der Waals surface area (Å²) in [4.78, 5) is 13.2. The number of benzene rings is 3. The van der Waals surface area contributed by atoms with Crippen molar-refractivity contribution in [3.8, 4) is 5.75 Å². The smallest absolute Gasteiger partial charge is 0.230 e. The second kappa shape index (κ2) is 8.97. The third kappa shape index (κ3) is 4.31. The molecule has 1 aliphatic rings. The molecule has 1 amide bonds. The molecule has 0 saturated carbocycles. The predicted octanol–water partition coefficient (Wildman–Crippen LogP) is 4.85. The fourth-order valence-corrected chi connectivity index (χ4v) is 4.22. The Hall–Kier alpha value is -2.37. The van der Waals surface area contributed by atoms with E-state index in [0.717, 1.165) is 26.6 Å². The summed E-state index contributed by atoms with van der Waals surface area (Å²) in [7, 11) is 0. The van der Waals surface area contributed by atoms with Gasteiger partial charge in [0.05, 0.1) is 12.0 Å². The maximum atomic E-state index is 13.2. The number of halogens is 1. The van der Waals surface area contributed by atoms with Gasteiger partial charge in [0.25, 0.3) is 0 Å². The molecule has 0 spiro atoms. The van der Waals surface area contributed by atoms with Crippen molar-refractivity contribution in [2.24, 2.45) is 0 Å². The lowest BCUT2D eigenvalue weighted by atomic mass is 9.73. The van der Waals surface area contributed by atoms with Crippen molar-refractivity contribution < 1.29 is 14.3 Å². The van der Waals surface area contributed by atoms with Crippen LogP contribution in [0.25, 0.3) is 10.8 Å². The minimum absolute atomic E-state index is 0.0460. The number of nitrogens with one attached hydrogen (secondary N) is 1.